The Morgan fingerprint density at radius 2 is 1.62 bits per heavy atom. The lowest BCUT2D eigenvalue weighted by atomic mass is 10.2. The molecule has 1 nitrogen and oxygen atoms in total. The summed E-state index contributed by atoms with van der Waals surface area (Å²) in [5, 5.41) is 0. The molecule has 0 atom stereocenters. The molecule has 3 rings (SSSR count). The summed E-state index contributed by atoms with van der Waals surface area (Å²) in [6.07, 6.45) is 0. The van der Waals surface area contributed by atoms with Crippen molar-refractivity contribution in [3.63, 3.8) is 0 Å². The van der Waals surface area contributed by atoms with Crippen molar-refractivity contribution in [1.82, 2.24) is 4.98 Å². The maximum absolute atomic E-state index is 5.38. The minimum absolute atomic E-state index is 0.874. The van der Waals surface area contributed by atoms with Crippen molar-refractivity contribution >= 4 is 35.3 Å². The molecule has 1 aromatic heterocycles. The lowest BCUT2D eigenvalue weighted by Gasteiger charge is -2.04. The molecule has 0 aliphatic carbocycles. The van der Waals surface area contributed by atoms with E-state index in [9.17, 15) is 0 Å². The molecule has 3 aromatic rings. The normalized spacial score (nSPS) is 10.5. The summed E-state index contributed by atoms with van der Waals surface area (Å²) in [7, 11) is 0. The van der Waals surface area contributed by atoms with Gasteiger partial charge in [-0.25, -0.2) is 4.98 Å². The molecule has 0 amide bonds. The molecule has 0 radical (unpaired) electrons. The SMILES string of the molecule is S=c1cc(-c2ccccc2)nc(SCc2ccccc2)s1. The Bertz CT molecular complexity index is 767. The molecule has 0 unspecified atom stereocenters. The van der Waals surface area contributed by atoms with E-state index in [2.05, 4.69) is 36.4 Å². The first-order chi connectivity index (χ1) is 10.3. The van der Waals surface area contributed by atoms with E-state index in [1.54, 1.807) is 23.1 Å². The smallest absolute Gasteiger partial charge is 0.152 e. The van der Waals surface area contributed by atoms with Crippen molar-refractivity contribution in [3.05, 3.63) is 76.1 Å². The van der Waals surface area contributed by atoms with Crippen molar-refractivity contribution in [1.29, 1.82) is 0 Å². The molecule has 2 aromatic carbocycles. The first kappa shape index (κ1) is 14.4. The van der Waals surface area contributed by atoms with Gasteiger partial charge in [-0.15, -0.1) is 0 Å². The topological polar surface area (TPSA) is 12.9 Å². The molecule has 0 N–H and O–H groups in total. The third-order valence-corrected chi connectivity index (χ3v) is 5.30. The van der Waals surface area contributed by atoms with Crippen molar-refractivity contribution in [2.45, 2.75) is 10.1 Å². The minimum Gasteiger partial charge on any atom is -0.230 e. The maximum Gasteiger partial charge on any atom is 0.152 e. The Morgan fingerprint density at radius 3 is 2.33 bits per heavy atom. The molecule has 0 bridgehead atoms. The van der Waals surface area contributed by atoms with Gasteiger partial charge in [0, 0.05) is 11.3 Å². The van der Waals surface area contributed by atoms with Crippen LogP contribution in [0.3, 0.4) is 0 Å². The van der Waals surface area contributed by atoms with Crippen LogP contribution in [-0.2, 0) is 5.75 Å². The van der Waals surface area contributed by atoms with Gasteiger partial charge < -0.3 is 0 Å². The standard InChI is InChI=1S/C17H13NS3/c19-16-11-15(14-9-5-2-6-10-14)18-17(21-16)20-12-13-7-3-1-4-8-13/h1-11H,12H2. The Morgan fingerprint density at radius 1 is 0.952 bits per heavy atom. The van der Waals surface area contributed by atoms with Crippen LogP contribution in [0.1, 0.15) is 5.56 Å². The highest BCUT2D eigenvalue weighted by atomic mass is 32.2. The number of rotatable bonds is 4. The lowest BCUT2D eigenvalue weighted by molar-refractivity contribution is 1.22. The van der Waals surface area contributed by atoms with Crippen molar-refractivity contribution < 1.29 is 0 Å². The molecule has 0 saturated heterocycles. The molecule has 4 heteroatoms. The van der Waals surface area contributed by atoms with Crippen molar-refractivity contribution in [3.8, 4) is 11.3 Å². The van der Waals surface area contributed by atoms with E-state index in [0.29, 0.717) is 0 Å². The molecule has 0 aliphatic rings. The highest BCUT2D eigenvalue weighted by molar-refractivity contribution is 8.00. The Balaban J connectivity index is 1.83. The number of nitrogens with zero attached hydrogens (tertiary/aromatic N) is 1. The quantitative estimate of drug-likeness (QED) is 0.442. The predicted octanol–water partition coefficient (Wildman–Crippen LogP) is 5.83. The fourth-order valence-corrected chi connectivity index (χ4v) is 4.24. The third kappa shape index (κ3) is 4.00. The first-order valence-corrected chi connectivity index (χ1v) is 8.76. The molecule has 0 fully saturated rings. The first-order valence-electron chi connectivity index (χ1n) is 6.55. The van der Waals surface area contributed by atoms with Crippen LogP contribution in [0.5, 0.6) is 0 Å². The number of thioether (sulfide) groups is 1. The highest BCUT2D eigenvalue weighted by Crippen LogP contribution is 2.28. The monoisotopic (exact) mass is 327 g/mol. The fraction of sp³-hybridized carbons (Fsp3) is 0.0588. The lowest BCUT2D eigenvalue weighted by Crippen LogP contribution is -1.85. The maximum atomic E-state index is 5.38. The van der Waals surface area contributed by atoms with E-state index >= 15 is 0 Å². The predicted molar refractivity (Wildman–Crippen MR) is 94.4 cm³/mol. The second kappa shape index (κ2) is 6.98. The molecular formula is C17H13NS3. The van der Waals surface area contributed by atoms with E-state index in [0.717, 1.165) is 25.2 Å². The van der Waals surface area contributed by atoms with Gasteiger partial charge in [-0.05, 0) is 11.6 Å². The van der Waals surface area contributed by atoms with Gasteiger partial charge >= 0.3 is 0 Å². The van der Waals surface area contributed by atoms with Crippen molar-refractivity contribution in [2.24, 2.45) is 0 Å². The molecule has 104 valence electrons. The summed E-state index contributed by atoms with van der Waals surface area (Å²) in [6, 6.07) is 22.6. The Hall–Kier alpha value is -1.49. The fourth-order valence-electron chi connectivity index (χ4n) is 1.92. The number of hydrogen-bond acceptors (Lipinski definition) is 4. The zero-order valence-corrected chi connectivity index (χ0v) is 13.7. The molecule has 1 heterocycles. The molecule has 21 heavy (non-hydrogen) atoms. The summed E-state index contributed by atoms with van der Waals surface area (Å²) in [5.41, 5.74) is 3.36. The average Bonchev–Trinajstić information content (AvgIpc) is 2.54. The van der Waals surface area contributed by atoms with Crippen LogP contribution in [0, 0.1) is 3.82 Å². The average molecular weight is 327 g/mol. The second-order valence-electron chi connectivity index (χ2n) is 4.47. The zero-order chi connectivity index (χ0) is 14.5. The number of benzene rings is 2. The second-order valence-corrected chi connectivity index (χ2v) is 7.42. The third-order valence-electron chi connectivity index (χ3n) is 2.93. The van der Waals surface area contributed by atoms with Crippen LogP contribution in [0.25, 0.3) is 11.3 Å². The van der Waals surface area contributed by atoms with Crippen LogP contribution in [0.4, 0.5) is 0 Å². The zero-order valence-electron chi connectivity index (χ0n) is 11.2. The van der Waals surface area contributed by atoms with Gasteiger partial charge in [0.15, 0.2) is 4.34 Å². The summed E-state index contributed by atoms with van der Waals surface area (Å²) >= 11 is 8.69. The largest absolute Gasteiger partial charge is 0.230 e. The van der Waals surface area contributed by atoms with E-state index in [4.69, 9.17) is 17.2 Å². The van der Waals surface area contributed by atoms with Crippen LogP contribution >= 0.6 is 35.3 Å². The van der Waals surface area contributed by atoms with E-state index < -0.39 is 0 Å². The van der Waals surface area contributed by atoms with Gasteiger partial charge in [-0.2, -0.15) is 0 Å². The number of hydrogen-bond donors (Lipinski definition) is 0. The summed E-state index contributed by atoms with van der Waals surface area (Å²) in [4.78, 5) is 4.73. The van der Waals surface area contributed by atoms with Gasteiger partial charge in [0.2, 0.25) is 0 Å². The van der Waals surface area contributed by atoms with Crippen LogP contribution in [0.15, 0.2) is 71.1 Å². The summed E-state index contributed by atoms with van der Waals surface area (Å²) < 4.78 is 1.89. The van der Waals surface area contributed by atoms with Gasteiger partial charge in [0.25, 0.3) is 0 Å². The minimum atomic E-state index is 0.874. The summed E-state index contributed by atoms with van der Waals surface area (Å²) in [5.74, 6) is 0.914. The number of aromatic nitrogens is 1. The van der Waals surface area contributed by atoms with Gasteiger partial charge in [0.1, 0.15) is 0 Å². The van der Waals surface area contributed by atoms with Gasteiger partial charge in [-0.3, -0.25) is 0 Å². The van der Waals surface area contributed by atoms with Gasteiger partial charge in [0.05, 0.1) is 9.52 Å². The highest BCUT2D eigenvalue weighted by Gasteiger charge is 2.04. The molecule has 0 saturated carbocycles. The Kier molecular flexibility index (Phi) is 4.80. The van der Waals surface area contributed by atoms with Crippen LogP contribution in [-0.4, -0.2) is 4.98 Å². The van der Waals surface area contributed by atoms with E-state index in [1.165, 1.54) is 5.56 Å². The van der Waals surface area contributed by atoms with Crippen LogP contribution < -0.4 is 0 Å². The van der Waals surface area contributed by atoms with Gasteiger partial charge in [-0.1, -0.05) is 96.0 Å². The molecular weight excluding hydrogens is 314 g/mol. The molecule has 0 spiro atoms. The van der Waals surface area contributed by atoms with E-state index in [1.807, 2.05) is 30.3 Å². The van der Waals surface area contributed by atoms with Crippen molar-refractivity contribution in [2.75, 3.05) is 0 Å². The molecule has 0 aliphatic heterocycles. The van der Waals surface area contributed by atoms with Crippen LogP contribution in [0.2, 0.25) is 0 Å². The summed E-state index contributed by atoms with van der Waals surface area (Å²) in [6.45, 7) is 0. The Labute approximate surface area is 137 Å². The van der Waals surface area contributed by atoms with E-state index in [-0.39, 0.29) is 0 Å².